The van der Waals surface area contributed by atoms with E-state index in [4.69, 9.17) is 9.16 Å². The van der Waals surface area contributed by atoms with Gasteiger partial charge in [-0.3, -0.25) is 0 Å². The third kappa shape index (κ3) is 2.30. The van der Waals surface area contributed by atoms with Crippen molar-refractivity contribution in [2.45, 2.75) is 62.0 Å². The number of halogens is 1. The lowest BCUT2D eigenvalue weighted by molar-refractivity contribution is 0.209. The number of ether oxygens (including phenoxy) is 1. The highest BCUT2D eigenvalue weighted by Crippen LogP contribution is 2.42. The van der Waals surface area contributed by atoms with E-state index in [9.17, 15) is 0 Å². The van der Waals surface area contributed by atoms with E-state index in [1.165, 1.54) is 0 Å². The Kier molecular flexibility index (Phi) is 3.15. The molecule has 1 aliphatic carbocycles. The van der Waals surface area contributed by atoms with E-state index in [0.717, 1.165) is 0 Å². The predicted octanol–water partition coefficient (Wildman–Crippen LogP) is 3.48. The molecule has 1 aliphatic heterocycles. The van der Waals surface area contributed by atoms with Gasteiger partial charge in [0.15, 0.2) is 8.32 Å². The smallest absolute Gasteiger partial charge is 0.192 e. The number of fused-ring (bicyclic) bond motifs is 1. The first kappa shape index (κ1) is 12.8. The fraction of sp³-hybridized carbons (Fsp3) is 0.833. The Labute approximate surface area is 108 Å². The third-order valence-corrected chi connectivity index (χ3v) is 9.43. The summed E-state index contributed by atoms with van der Waals surface area (Å²) in [5.41, 5.74) is 0. The van der Waals surface area contributed by atoms with Crippen molar-refractivity contribution in [2.75, 3.05) is 0 Å². The second kappa shape index (κ2) is 3.94. The Balaban J connectivity index is 2.04. The molecule has 4 heteroatoms. The first-order valence-electron chi connectivity index (χ1n) is 5.88. The van der Waals surface area contributed by atoms with Crippen LogP contribution in [0.5, 0.6) is 0 Å². The van der Waals surface area contributed by atoms with Crippen LogP contribution in [0.15, 0.2) is 12.2 Å². The molecule has 0 amide bonds. The van der Waals surface area contributed by atoms with Crippen LogP contribution >= 0.6 is 15.9 Å². The molecule has 0 bridgehead atoms. The topological polar surface area (TPSA) is 21.8 Å². The van der Waals surface area contributed by atoms with Crippen molar-refractivity contribution < 1.29 is 9.16 Å². The number of rotatable bonds is 2. The second-order valence-electron chi connectivity index (χ2n) is 6.24. The van der Waals surface area contributed by atoms with Crippen LogP contribution in [0.3, 0.4) is 0 Å². The molecule has 0 aromatic rings. The Bertz CT molecular complexity index is 309. The van der Waals surface area contributed by atoms with Gasteiger partial charge in [0.1, 0.15) is 12.2 Å². The number of hydrogen-bond donors (Lipinski definition) is 0. The summed E-state index contributed by atoms with van der Waals surface area (Å²) in [5, 5.41) is 0.259. The van der Waals surface area contributed by atoms with Crippen molar-refractivity contribution in [1.82, 2.24) is 0 Å². The van der Waals surface area contributed by atoms with Crippen LogP contribution in [0.4, 0.5) is 0 Å². The highest BCUT2D eigenvalue weighted by Gasteiger charge is 2.50. The molecule has 0 radical (unpaired) electrons. The summed E-state index contributed by atoms with van der Waals surface area (Å²) < 4.78 is 11.9. The Morgan fingerprint density at radius 3 is 2.44 bits per heavy atom. The summed E-state index contributed by atoms with van der Waals surface area (Å²) in [7, 11) is -1.68. The molecule has 1 saturated heterocycles. The van der Waals surface area contributed by atoms with Crippen molar-refractivity contribution in [3.05, 3.63) is 12.2 Å². The highest BCUT2D eigenvalue weighted by molar-refractivity contribution is 9.09. The van der Waals surface area contributed by atoms with Crippen molar-refractivity contribution >= 4 is 24.2 Å². The van der Waals surface area contributed by atoms with Gasteiger partial charge in [0.05, 0.1) is 10.9 Å². The molecule has 0 aromatic heterocycles. The number of hydrogen-bond acceptors (Lipinski definition) is 2. The van der Waals surface area contributed by atoms with Gasteiger partial charge in [-0.05, 0) is 18.1 Å². The van der Waals surface area contributed by atoms with Crippen LogP contribution in [0.1, 0.15) is 20.8 Å². The fourth-order valence-corrected chi connectivity index (χ4v) is 3.85. The maximum absolute atomic E-state index is 6.38. The minimum absolute atomic E-state index is 0.171. The van der Waals surface area contributed by atoms with Gasteiger partial charge in [-0.2, -0.15) is 0 Å². The molecule has 0 aromatic carbocycles. The summed E-state index contributed by atoms with van der Waals surface area (Å²) in [6.45, 7) is 11.4. The zero-order chi connectivity index (χ0) is 12.1. The standard InChI is InChI=1S/C12H21BrO2Si/c1-12(2,3)16(4,5)15-8-6-7-9-11(14-9)10(8)13/h6-11H,1-5H3/t8-,9-,10-,11-/m1/s1. The molecule has 4 atom stereocenters. The van der Waals surface area contributed by atoms with E-state index in [-0.39, 0.29) is 11.1 Å². The zero-order valence-corrected chi connectivity index (χ0v) is 13.2. The maximum atomic E-state index is 6.38. The second-order valence-corrected chi connectivity index (χ2v) is 12.1. The number of epoxide rings is 1. The van der Waals surface area contributed by atoms with Gasteiger partial charge >= 0.3 is 0 Å². The summed E-state index contributed by atoms with van der Waals surface area (Å²) >= 11 is 3.70. The molecular formula is C12H21BrO2Si. The first-order valence-corrected chi connectivity index (χ1v) is 9.70. The zero-order valence-electron chi connectivity index (χ0n) is 10.7. The Hall–Kier alpha value is 0.357. The Morgan fingerprint density at radius 1 is 1.25 bits per heavy atom. The van der Waals surface area contributed by atoms with Gasteiger partial charge in [0.25, 0.3) is 0 Å². The molecule has 0 saturated carbocycles. The monoisotopic (exact) mass is 304 g/mol. The fourth-order valence-electron chi connectivity index (χ4n) is 1.68. The molecule has 16 heavy (non-hydrogen) atoms. The van der Waals surface area contributed by atoms with Crippen LogP contribution in [0.25, 0.3) is 0 Å². The molecular weight excluding hydrogens is 284 g/mol. The van der Waals surface area contributed by atoms with Gasteiger partial charge in [-0.15, -0.1) is 0 Å². The molecule has 1 heterocycles. The maximum Gasteiger partial charge on any atom is 0.192 e. The van der Waals surface area contributed by atoms with E-state index in [2.05, 4.69) is 61.9 Å². The molecule has 1 fully saturated rings. The van der Waals surface area contributed by atoms with Gasteiger partial charge in [0, 0.05) is 0 Å². The number of alkyl halides is 1. The molecule has 0 spiro atoms. The average Bonchev–Trinajstić information content (AvgIpc) is 2.87. The molecule has 2 nitrogen and oxygen atoms in total. The van der Waals surface area contributed by atoms with Crippen LogP contribution in [-0.4, -0.2) is 31.5 Å². The Morgan fingerprint density at radius 2 is 1.88 bits per heavy atom. The lowest BCUT2D eigenvalue weighted by Gasteiger charge is -2.40. The quantitative estimate of drug-likeness (QED) is 0.337. The molecule has 2 rings (SSSR count). The van der Waals surface area contributed by atoms with Crippen molar-refractivity contribution in [1.29, 1.82) is 0 Å². The van der Waals surface area contributed by atoms with E-state index in [1.54, 1.807) is 0 Å². The first-order chi connectivity index (χ1) is 7.22. The third-order valence-electron chi connectivity index (χ3n) is 3.92. The highest BCUT2D eigenvalue weighted by atomic mass is 79.9. The van der Waals surface area contributed by atoms with E-state index in [0.29, 0.717) is 17.0 Å². The van der Waals surface area contributed by atoms with Crippen LogP contribution in [0, 0.1) is 0 Å². The largest absolute Gasteiger partial charge is 0.409 e. The van der Waals surface area contributed by atoms with Crippen molar-refractivity contribution in [3.8, 4) is 0 Å². The SMILES string of the molecule is CC(C)(C)[Si](C)(C)O[C@@H]1C=C[C@H]2O[C@H]2[C@@H]1Br. The minimum Gasteiger partial charge on any atom is -0.409 e. The average molecular weight is 305 g/mol. The summed E-state index contributed by atoms with van der Waals surface area (Å²) in [4.78, 5) is 0.316. The summed E-state index contributed by atoms with van der Waals surface area (Å²) in [6.07, 6.45) is 5.14. The molecule has 92 valence electrons. The minimum atomic E-state index is -1.68. The molecule has 0 N–H and O–H groups in total. The molecule has 2 aliphatic rings. The van der Waals surface area contributed by atoms with E-state index >= 15 is 0 Å². The van der Waals surface area contributed by atoms with Crippen molar-refractivity contribution in [3.63, 3.8) is 0 Å². The van der Waals surface area contributed by atoms with E-state index < -0.39 is 8.32 Å². The van der Waals surface area contributed by atoms with Crippen LogP contribution in [-0.2, 0) is 9.16 Å². The molecule has 0 unspecified atom stereocenters. The predicted molar refractivity (Wildman–Crippen MR) is 72.6 cm³/mol. The van der Waals surface area contributed by atoms with Gasteiger partial charge in [-0.25, -0.2) is 0 Å². The van der Waals surface area contributed by atoms with Gasteiger partial charge in [-0.1, -0.05) is 48.9 Å². The van der Waals surface area contributed by atoms with Gasteiger partial charge < -0.3 is 9.16 Å². The normalized spacial score (nSPS) is 38.4. The van der Waals surface area contributed by atoms with Crippen LogP contribution < -0.4 is 0 Å². The van der Waals surface area contributed by atoms with Crippen LogP contribution in [0.2, 0.25) is 18.1 Å². The summed E-state index contributed by atoms with van der Waals surface area (Å²) in [5.74, 6) is 0. The lowest BCUT2D eigenvalue weighted by atomic mass is 10.1. The lowest BCUT2D eigenvalue weighted by Crippen LogP contribution is -2.47. The van der Waals surface area contributed by atoms with Gasteiger partial charge in [0.2, 0.25) is 0 Å². The van der Waals surface area contributed by atoms with Crippen molar-refractivity contribution in [2.24, 2.45) is 0 Å². The summed E-state index contributed by atoms with van der Waals surface area (Å²) in [6, 6.07) is 0. The van der Waals surface area contributed by atoms with E-state index in [1.807, 2.05) is 0 Å².